The number of carbonyl (C=O) groups excluding carboxylic acids is 2. The van der Waals surface area contributed by atoms with Crippen molar-refractivity contribution in [3.05, 3.63) is 128 Å². The number of hydrogen-bond acceptors (Lipinski definition) is 7. The summed E-state index contributed by atoms with van der Waals surface area (Å²) in [7, 11) is -3.07. The molecule has 1 aliphatic carbocycles. The SMILES string of the molecule is COc1ccc(N(CC(=O)N(Cc2ccc(Br)cc2)[C@H](Cc2ccccc2)C(=O)NC2CCCC2)S(=O)(=O)c2ccc(C)c([N+](=O)[O-])c2)cc1. The molecule has 11 nitrogen and oxygen atoms in total. The van der Waals surface area contributed by atoms with Crippen LogP contribution in [0.15, 0.2) is 106 Å². The molecule has 0 radical (unpaired) electrons. The summed E-state index contributed by atoms with van der Waals surface area (Å²) in [4.78, 5) is 41.1. The summed E-state index contributed by atoms with van der Waals surface area (Å²) in [5.41, 5.74) is 1.63. The van der Waals surface area contributed by atoms with Gasteiger partial charge in [-0.05, 0) is 73.4 Å². The first-order valence-corrected chi connectivity index (χ1v) is 18.5. The maximum Gasteiger partial charge on any atom is 0.273 e. The molecule has 4 aromatic carbocycles. The third-order valence-electron chi connectivity index (χ3n) is 8.84. The number of halogens is 1. The van der Waals surface area contributed by atoms with Gasteiger partial charge in [0.1, 0.15) is 18.3 Å². The third-order valence-corrected chi connectivity index (χ3v) is 11.1. The molecule has 13 heteroatoms. The Morgan fingerprint density at radius 2 is 1.62 bits per heavy atom. The minimum atomic E-state index is -4.54. The van der Waals surface area contributed by atoms with Gasteiger partial charge in [0, 0.05) is 35.1 Å². The van der Waals surface area contributed by atoms with Gasteiger partial charge in [0.25, 0.3) is 15.7 Å². The summed E-state index contributed by atoms with van der Waals surface area (Å²) < 4.78 is 35.8. The van der Waals surface area contributed by atoms with E-state index < -0.39 is 33.4 Å². The van der Waals surface area contributed by atoms with Crippen molar-refractivity contribution >= 4 is 49.1 Å². The minimum absolute atomic E-state index is 0.0149. The average Bonchev–Trinajstić information content (AvgIpc) is 3.63. The molecule has 0 spiro atoms. The molecule has 4 aromatic rings. The number of amides is 2. The fourth-order valence-electron chi connectivity index (χ4n) is 6.06. The summed E-state index contributed by atoms with van der Waals surface area (Å²) >= 11 is 3.45. The van der Waals surface area contributed by atoms with E-state index in [1.54, 1.807) is 12.1 Å². The second-order valence-electron chi connectivity index (χ2n) is 12.3. The molecular formula is C37H39BrN4O7S. The van der Waals surface area contributed by atoms with Gasteiger partial charge in [-0.2, -0.15) is 0 Å². The first kappa shape index (κ1) is 36.5. The van der Waals surface area contributed by atoms with Gasteiger partial charge in [-0.3, -0.25) is 24.0 Å². The zero-order valence-electron chi connectivity index (χ0n) is 27.8. The first-order chi connectivity index (χ1) is 24.0. The Morgan fingerprint density at radius 1 is 0.960 bits per heavy atom. The highest BCUT2D eigenvalue weighted by Gasteiger charge is 2.36. The van der Waals surface area contributed by atoms with Crippen LogP contribution in [0.2, 0.25) is 0 Å². The molecule has 2 amide bonds. The average molecular weight is 764 g/mol. The van der Waals surface area contributed by atoms with E-state index in [1.807, 2.05) is 54.6 Å². The summed E-state index contributed by atoms with van der Waals surface area (Å²) in [6, 6.07) is 25.5. The van der Waals surface area contributed by atoms with Crippen molar-refractivity contribution in [1.82, 2.24) is 10.2 Å². The second-order valence-corrected chi connectivity index (χ2v) is 15.0. The molecule has 1 atom stereocenters. The molecule has 0 aromatic heterocycles. The Labute approximate surface area is 300 Å². The van der Waals surface area contributed by atoms with Crippen LogP contribution in [0.1, 0.15) is 42.4 Å². The van der Waals surface area contributed by atoms with E-state index in [4.69, 9.17) is 4.74 Å². The number of carbonyl (C=O) groups is 2. The number of rotatable bonds is 14. The number of nitrogens with one attached hydrogen (secondary N) is 1. The number of nitro benzene ring substituents is 1. The summed E-state index contributed by atoms with van der Waals surface area (Å²) in [5, 5.41) is 14.9. The molecule has 1 aliphatic rings. The van der Waals surface area contributed by atoms with Crippen molar-refractivity contribution in [1.29, 1.82) is 0 Å². The maximum atomic E-state index is 14.7. The molecular weight excluding hydrogens is 724 g/mol. The summed E-state index contributed by atoms with van der Waals surface area (Å²) in [6.45, 7) is 0.853. The van der Waals surface area contributed by atoms with Crippen LogP contribution >= 0.6 is 15.9 Å². The Morgan fingerprint density at radius 3 is 2.24 bits per heavy atom. The van der Waals surface area contributed by atoms with Crippen molar-refractivity contribution in [2.45, 2.75) is 62.6 Å². The number of methoxy groups -OCH3 is 1. The quantitative estimate of drug-likeness (QED) is 0.113. The lowest BCUT2D eigenvalue weighted by atomic mass is 10.0. The maximum absolute atomic E-state index is 14.7. The van der Waals surface area contributed by atoms with Gasteiger partial charge >= 0.3 is 0 Å². The van der Waals surface area contributed by atoms with E-state index in [0.29, 0.717) is 11.3 Å². The number of anilines is 1. The highest BCUT2D eigenvalue weighted by molar-refractivity contribution is 9.10. The Bertz CT molecular complexity index is 1920. The number of benzene rings is 4. The number of ether oxygens (including phenoxy) is 1. The largest absolute Gasteiger partial charge is 0.497 e. The summed E-state index contributed by atoms with van der Waals surface area (Å²) in [6.07, 6.45) is 3.89. The zero-order chi connectivity index (χ0) is 35.8. The highest BCUT2D eigenvalue weighted by Crippen LogP contribution is 2.30. The van der Waals surface area contributed by atoms with E-state index >= 15 is 0 Å². The molecule has 0 heterocycles. The second kappa shape index (κ2) is 16.3. The van der Waals surface area contributed by atoms with Gasteiger partial charge in [0.05, 0.1) is 22.6 Å². The Balaban J connectivity index is 1.59. The number of nitro groups is 1. The third kappa shape index (κ3) is 8.88. The molecule has 0 bridgehead atoms. The first-order valence-electron chi connectivity index (χ1n) is 16.3. The van der Waals surface area contributed by atoms with Crippen LogP contribution in [0.4, 0.5) is 11.4 Å². The molecule has 0 saturated heterocycles. The van der Waals surface area contributed by atoms with Crippen molar-refractivity contribution in [3.8, 4) is 5.75 Å². The van der Waals surface area contributed by atoms with Crippen LogP contribution in [0.5, 0.6) is 5.75 Å². The van der Waals surface area contributed by atoms with Gasteiger partial charge in [-0.1, -0.05) is 77.3 Å². The van der Waals surface area contributed by atoms with E-state index in [9.17, 15) is 28.1 Å². The fourth-order valence-corrected chi connectivity index (χ4v) is 7.76. The fraction of sp³-hybridized carbons (Fsp3) is 0.297. The van der Waals surface area contributed by atoms with Crippen LogP contribution in [0, 0.1) is 17.0 Å². The molecule has 1 fully saturated rings. The van der Waals surface area contributed by atoms with Crippen LogP contribution < -0.4 is 14.4 Å². The topological polar surface area (TPSA) is 139 Å². The molecule has 1 N–H and O–H groups in total. The van der Waals surface area contributed by atoms with Crippen molar-refractivity contribution in [2.24, 2.45) is 0 Å². The number of sulfonamides is 1. The monoisotopic (exact) mass is 762 g/mol. The van der Waals surface area contributed by atoms with Gasteiger partial charge in [0.15, 0.2) is 0 Å². The molecule has 0 unspecified atom stereocenters. The molecule has 50 heavy (non-hydrogen) atoms. The van der Waals surface area contributed by atoms with Crippen LogP contribution in [0.3, 0.4) is 0 Å². The van der Waals surface area contributed by atoms with Crippen molar-refractivity contribution in [3.63, 3.8) is 0 Å². The van der Waals surface area contributed by atoms with Crippen LogP contribution in [-0.2, 0) is 32.6 Å². The van der Waals surface area contributed by atoms with Gasteiger partial charge < -0.3 is 15.0 Å². The lowest BCUT2D eigenvalue weighted by Crippen LogP contribution is -2.54. The van der Waals surface area contributed by atoms with Gasteiger partial charge in [-0.15, -0.1) is 0 Å². The van der Waals surface area contributed by atoms with E-state index in [1.165, 1.54) is 43.2 Å². The minimum Gasteiger partial charge on any atom is -0.497 e. The number of nitrogens with zero attached hydrogens (tertiary/aromatic N) is 3. The highest BCUT2D eigenvalue weighted by atomic mass is 79.9. The lowest BCUT2D eigenvalue weighted by molar-refractivity contribution is -0.385. The predicted molar refractivity (Wildman–Crippen MR) is 194 cm³/mol. The standard InChI is InChI=1S/C37H39BrN4O7S/c1-26-12-21-33(23-34(26)42(45)46)50(47,48)41(31-17-19-32(49-2)20-18-31)25-36(43)40(24-28-13-15-29(38)16-14-28)35(22-27-8-4-3-5-9-27)37(44)39-30-10-6-7-11-30/h3-5,8-9,12-21,23,30,35H,6-7,10-11,22,24-25H2,1-2H3,(H,39,44)/t35-/m1/s1. The number of hydrogen-bond donors (Lipinski definition) is 1. The Kier molecular flexibility index (Phi) is 11.9. The van der Waals surface area contributed by atoms with Gasteiger partial charge in [-0.25, -0.2) is 8.42 Å². The predicted octanol–water partition coefficient (Wildman–Crippen LogP) is 6.57. The smallest absolute Gasteiger partial charge is 0.273 e. The molecule has 1 saturated carbocycles. The normalized spacial score (nSPS) is 13.7. The summed E-state index contributed by atoms with van der Waals surface area (Å²) in [5.74, 6) is -0.484. The van der Waals surface area contributed by atoms with E-state index in [0.717, 1.165) is 51.7 Å². The van der Waals surface area contributed by atoms with E-state index in [2.05, 4.69) is 21.2 Å². The lowest BCUT2D eigenvalue weighted by Gasteiger charge is -2.34. The van der Waals surface area contributed by atoms with E-state index in [-0.39, 0.29) is 41.2 Å². The van der Waals surface area contributed by atoms with Gasteiger partial charge in [0.2, 0.25) is 11.8 Å². The van der Waals surface area contributed by atoms with Crippen LogP contribution in [-0.4, -0.2) is 55.8 Å². The molecule has 262 valence electrons. The molecule has 5 rings (SSSR count). The molecule has 0 aliphatic heterocycles. The Hall–Kier alpha value is -4.75. The van der Waals surface area contributed by atoms with Crippen molar-refractivity contribution in [2.75, 3.05) is 18.0 Å². The van der Waals surface area contributed by atoms with Crippen LogP contribution in [0.25, 0.3) is 0 Å². The zero-order valence-corrected chi connectivity index (χ0v) is 30.2. The number of aryl methyl sites for hydroxylation is 1. The van der Waals surface area contributed by atoms with Crippen molar-refractivity contribution < 1.29 is 27.7 Å².